The molecule has 2 unspecified atom stereocenters. The van der Waals surface area contributed by atoms with Gasteiger partial charge in [0.15, 0.2) is 0 Å². The molecule has 1 aromatic carbocycles. The van der Waals surface area contributed by atoms with Crippen molar-refractivity contribution in [3.63, 3.8) is 0 Å². The monoisotopic (exact) mass is 360 g/mol. The highest BCUT2D eigenvalue weighted by Crippen LogP contribution is 2.28. The zero-order chi connectivity index (χ0) is 14.9. The van der Waals surface area contributed by atoms with E-state index in [1.54, 1.807) is 22.5 Å². The first-order valence-electron chi connectivity index (χ1n) is 6.82. The third-order valence-corrected chi connectivity index (χ3v) is 6.90. The van der Waals surface area contributed by atoms with Gasteiger partial charge in [-0.25, -0.2) is 8.42 Å². The number of aryl methyl sites for hydroxylation is 1. The van der Waals surface area contributed by atoms with Crippen LogP contribution in [0, 0.1) is 18.8 Å². The molecular formula is C14H21BrN2O2S. The number of hydrogen-bond donors (Lipinski definition) is 1. The van der Waals surface area contributed by atoms with Crippen LogP contribution in [0.15, 0.2) is 27.6 Å². The molecular weight excluding hydrogens is 340 g/mol. The second-order valence-corrected chi connectivity index (χ2v) is 8.33. The Morgan fingerprint density at radius 2 is 2.15 bits per heavy atom. The fourth-order valence-corrected chi connectivity index (χ4v) is 4.41. The summed E-state index contributed by atoms with van der Waals surface area (Å²) in [4.78, 5) is 0.364. The highest BCUT2D eigenvalue weighted by atomic mass is 79.9. The summed E-state index contributed by atoms with van der Waals surface area (Å²) in [6.07, 6.45) is 0.872. The van der Waals surface area contributed by atoms with Crippen LogP contribution in [0.4, 0.5) is 0 Å². The van der Waals surface area contributed by atoms with Gasteiger partial charge in [-0.05, 0) is 55.5 Å². The van der Waals surface area contributed by atoms with Crippen LogP contribution in [0.5, 0.6) is 0 Å². The molecule has 2 N–H and O–H groups in total. The van der Waals surface area contributed by atoms with Crippen LogP contribution in [-0.2, 0) is 10.0 Å². The van der Waals surface area contributed by atoms with E-state index in [1.807, 2.05) is 6.92 Å². The number of benzene rings is 1. The lowest BCUT2D eigenvalue weighted by Crippen LogP contribution is -2.45. The lowest BCUT2D eigenvalue weighted by atomic mass is 9.88. The van der Waals surface area contributed by atoms with Crippen molar-refractivity contribution in [3.05, 3.63) is 28.2 Å². The van der Waals surface area contributed by atoms with Gasteiger partial charge in [0.25, 0.3) is 0 Å². The highest BCUT2D eigenvalue weighted by Gasteiger charge is 2.33. The standard InChI is InChI=1S/C14H21BrN2O2S/c1-10-5-6-17(9-12(10)8-16)20(18,19)13-3-4-14(15)11(2)7-13/h3-4,7,10,12H,5-6,8-9,16H2,1-2H3. The van der Waals surface area contributed by atoms with E-state index >= 15 is 0 Å². The van der Waals surface area contributed by atoms with Gasteiger partial charge in [0.1, 0.15) is 0 Å². The maximum absolute atomic E-state index is 12.7. The van der Waals surface area contributed by atoms with Gasteiger partial charge in [-0.2, -0.15) is 4.31 Å². The van der Waals surface area contributed by atoms with Crippen molar-refractivity contribution >= 4 is 26.0 Å². The third kappa shape index (κ3) is 3.08. The van der Waals surface area contributed by atoms with Crippen molar-refractivity contribution in [3.8, 4) is 0 Å². The first kappa shape index (κ1) is 15.9. The predicted molar refractivity (Wildman–Crippen MR) is 84.0 cm³/mol. The minimum absolute atomic E-state index is 0.245. The molecule has 0 spiro atoms. The summed E-state index contributed by atoms with van der Waals surface area (Å²) in [7, 11) is -3.41. The summed E-state index contributed by atoms with van der Waals surface area (Å²) in [5, 5.41) is 0. The molecule has 0 bridgehead atoms. The SMILES string of the molecule is Cc1cc(S(=O)(=O)N2CCC(C)C(CN)C2)ccc1Br. The van der Waals surface area contributed by atoms with Crippen molar-refractivity contribution < 1.29 is 8.42 Å². The quantitative estimate of drug-likeness (QED) is 0.899. The van der Waals surface area contributed by atoms with E-state index in [0.29, 0.717) is 30.4 Å². The summed E-state index contributed by atoms with van der Waals surface area (Å²) in [6, 6.07) is 5.16. The second-order valence-electron chi connectivity index (χ2n) is 5.54. The molecule has 1 saturated heterocycles. The van der Waals surface area contributed by atoms with Gasteiger partial charge in [-0.15, -0.1) is 0 Å². The molecule has 1 aromatic rings. The first-order chi connectivity index (χ1) is 9.36. The normalized spacial score (nSPS) is 24.8. The van der Waals surface area contributed by atoms with Gasteiger partial charge in [-0.1, -0.05) is 22.9 Å². The molecule has 6 heteroatoms. The van der Waals surface area contributed by atoms with E-state index in [9.17, 15) is 8.42 Å². The summed E-state index contributed by atoms with van der Waals surface area (Å²) >= 11 is 3.40. The molecule has 2 atom stereocenters. The maximum atomic E-state index is 12.7. The number of sulfonamides is 1. The van der Waals surface area contributed by atoms with Gasteiger partial charge in [-0.3, -0.25) is 0 Å². The molecule has 20 heavy (non-hydrogen) atoms. The number of rotatable bonds is 3. The molecule has 0 amide bonds. The van der Waals surface area contributed by atoms with Gasteiger partial charge in [0.05, 0.1) is 4.90 Å². The van der Waals surface area contributed by atoms with Crippen LogP contribution < -0.4 is 5.73 Å². The van der Waals surface area contributed by atoms with E-state index in [-0.39, 0.29) is 5.92 Å². The largest absolute Gasteiger partial charge is 0.330 e. The summed E-state index contributed by atoms with van der Waals surface area (Å²) in [6.45, 7) is 5.67. The maximum Gasteiger partial charge on any atom is 0.243 e. The third-order valence-electron chi connectivity index (χ3n) is 4.15. The number of nitrogens with zero attached hydrogens (tertiary/aromatic N) is 1. The minimum atomic E-state index is -3.41. The van der Waals surface area contributed by atoms with Gasteiger partial charge in [0.2, 0.25) is 10.0 Å². The van der Waals surface area contributed by atoms with Crippen molar-refractivity contribution in [1.82, 2.24) is 4.31 Å². The Morgan fingerprint density at radius 1 is 1.45 bits per heavy atom. The molecule has 1 fully saturated rings. The summed E-state index contributed by atoms with van der Waals surface area (Å²) < 4.78 is 27.9. The zero-order valence-corrected chi connectivity index (χ0v) is 14.2. The number of piperidine rings is 1. The van der Waals surface area contributed by atoms with Crippen molar-refractivity contribution in [1.29, 1.82) is 0 Å². The smallest absolute Gasteiger partial charge is 0.243 e. The Labute approximate surface area is 129 Å². The van der Waals surface area contributed by atoms with Crippen LogP contribution in [0.25, 0.3) is 0 Å². The summed E-state index contributed by atoms with van der Waals surface area (Å²) in [5.41, 5.74) is 6.68. The second kappa shape index (κ2) is 6.13. The average molecular weight is 361 g/mol. The van der Waals surface area contributed by atoms with Crippen LogP contribution in [-0.4, -0.2) is 32.4 Å². The summed E-state index contributed by atoms with van der Waals surface area (Å²) in [5.74, 6) is 0.730. The number of nitrogens with two attached hydrogens (primary N) is 1. The van der Waals surface area contributed by atoms with Crippen molar-refractivity contribution in [2.24, 2.45) is 17.6 Å². The van der Waals surface area contributed by atoms with E-state index in [0.717, 1.165) is 16.5 Å². The van der Waals surface area contributed by atoms with E-state index in [2.05, 4.69) is 22.9 Å². The van der Waals surface area contributed by atoms with Gasteiger partial charge < -0.3 is 5.73 Å². The molecule has 0 aliphatic carbocycles. The fourth-order valence-electron chi connectivity index (χ4n) is 2.57. The van der Waals surface area contributed by atoms with Gasteiger partial charge >= 0.3 is 0 Å². The number of hydrogen-bond acceptors (Lipinski definition) is 3. The Hall–Kier alpha value is -0.430. The fraction of sp³-hybridized carbons (Fsp3) is 0.571. The highest BCUT2D eigenvalue weighted by molar-refractivity contribution is 9.10. The lowest BCUT2D eigenvalue weighted by molar-refractivity contribution is 0.203. The molecule has 0 saturated carbocycles. The van der Waals surface area contributed by atoms with Crippen LogP contribution in [0.1, 0.15) is 18.9 Å². The van der Waals surface area contributed by atoms with Crippen LogP contribution in [0.3, 0.4) is 0 Å². The van der Waals surface area contributed by atoms with E-state index in [1.165, 1.54) is 0 Å². The molecule has 4 nitrogen and oxygen atoms in total. The zero-order valence-electron chi connectivity index (χ0n) is 11.8. The van der Waals surface area contributed by atoms with E-state index in [4.69, 9.17) is 5.73 Å². The molecule has 1 aliphatic rings. The Kier molecular flexibility index (Phi) is 4.89. The number of halogens is 1. The molecule has 0 radical (unpaired) electrons. The Morgan fingerprint density at radius 3 is 2.75 bits per heavy atom. The Balaban J connectivity index is 2.28. The van der Waals surface area contributed by atoms with Crippen molar-refractivity contribution in [2.75, 3.05) is 19.6 Å². The van der Waals surface area contributed by atoms with Crippen LogP contribution in [0.2, 0.25) is 0 Å². The molecule has 1 aliphatic heterocycles. The van der Waals surface area contributed by atoms with Gasteiger partial charge in [0, 0.05) is 17.6 Å². The molecule has 0 aromatic heterocycles. The van der Waals surface area contributed by atoms with E-state index < -0.39 is 10.0 Å². The first-order valence-corrected chi connectivity index (χ1v) is 9.06. The Bertz CT molecular complexity index is 589. The van der Waals surface area contributed by atoms with Crippen LogP contribution >= 0.6 is 15.9 Å². The predicted octanol–water partition coefficient (Wildman–Crippen LogP) is 2.36. The molecule has 112 valence electrons. The topological polar surface area (TPSA) is 63.4 Å². The average Bonchev–Trinajstić information content (AvgIpc) is 2.42. The lowest BCUT2D eigenvalue weighted by Gasteiger charge is -2.35. The molecule has 2 rings (SSSR count). The molecule has 1 heterocycles. The minimum Gasteiger partial charge on any atom is -0.330 e. The van der Waals surface area contributed by atoms with Crippen molar-refractivity contribution in [2.45, 2.75) is 25.2 Å².